The van der Waals surface area contributed by atoms with Crippen LogP contribution < -0.4 is 5.32 Å². The maximum absolute atomic E-state index is 12.6. The maximum Gasteiger partial charge on any atom is 0.472 e. The first kappa shape index (κ1) is 39.0. The van der Waals surface area contributed by atoms with Crippen LogP contribution in [0, 0.1) is 0 Å². The number of hydrogen-bond donors (Lipinski definition) is 3. The number of amides is 1. The van der Waals surface area contributed by atoms with Crippen molar-refractivity contribution in [3.05, 3.63) is 24.3 Å². The van der Waals surface area contributed by atoms with Gasteiger partial charge in [0.2, 0.25) is 5.91 Å². The van der Waals surface area contributed by atoms with Crippen LogP contribution in [0.25, 0.3) is 0 Å². The zero-order valence-corrected chi connectivity index (χ0v) is 27.2. The van der Waals surface area contributed by atoms with Gasteiger partial charge in [0, 0.05) is 6.42 Å². The molecule has 0 aromatic rings. The predicted molar refractivity (Wildman–Crippen MR) is 166 cm³/mol. The summed E-state index contributed by atoms with van der Waals surface area (Å²) < 4.78 is 23.2. The van der Waals surface area contributed by atoms with Crippen LogP contribution in [0.2, 0.25) is 0 Å². The summed E-state index contributed by atoms with van der Waals surface area (Å²) in [5.74, 6) is -0.203. The van der Waals surface area contributed by atoms with Gasteiger partial charge in [-0.2, -0.15) is 0 Å². The minimum absolute atomic E-state index is 0.0542. The summed E-state index contributed by atoms with van der Waals surface area (Å²) in [6, 6.07) is -0.868. The molecule has 9 heteroatoms. The summed E-state index contributed by atoms with van der Waals surface area (Å²) in [5.41, 5.74) is 0. The summed E-state index contributed by atoms with van der Waals surface area (Å²) in [6.07, 6.45) is 24.1. The molecule has 1 unspecified atom stereocenters. The number of carbonyl (C=O) groups excluding carboxylic acids is 1. The lowest BCUT2D eigenvalue weighted by Crippen LogP contribution is -2.45. The van der Waals surface area contributed by atoms with Crippen LogP contribution in [0.4, 0.5) is 0 Å². The molecule has 0 saturated heterocycles. The third-order valence-electron chi connectivity index (χ3n) is 6.73. The largest absolute Gasteiger partial charge is 0.472 e. The number of hydrogen-bond acceptors (Lipinski definition) is 5. The number of aliphatic hydroxyl groups excluding tert-OH is 1. The Morgan fingerprint density at radius 1 is 0.850 bits per heavy atom. The van der Waals surface area contributed by atoms with Gasteiger partial charge in [-0.15, -0.1) is 0 Å². The number of aliphatic hydroxyl groups is 1. The lowest BCUT2D eigenvalue weighted by Gasteiger charge is -2.25. The van der Waals surface area contributed by atoms with Crippen LogP contribution in [-0.2, 0) is 18.4 Å². The Hall–Kier alpha value is -1.02. The second-order valence-electron chi connectivity index (χ2n) is 11.9. The third-order valence-corrected chi connectivity index (χ3v) is 7.71. The quantitative estimate of drug-likeness (QED) is 0.0410. The number of rotatable bonds is 27. The third kappa shape index (κ3) is 25.9. The number of unbranched alkanes of at least 4 members (excludes halogenated alkanes) is 13. The highest BCUT2D eigenvalue weighted by Crippen LogP contribution is 2.43. The summed E-state index contributed by atoms with van der Waals surface area (Å²) in [5, 5.41) is 13.5. The van der Waals surface area contributed by atoms with Crippen LogP contribution in [0.1, 0.15) is 117 Å². The fraction of sp³-hybridized carbons (Fsp3) is 0.839. The maximum atomic E-state index is 12.6. The normalized spacial score (nSPS) is 15.5. The van der Waals surface area contributed by atoms with Crippen LogP contribution in [-0.4, -0.2) is 73.4 Å². The first-order valence-corrected chi connectivity index (χ1v) is 17.2. The van der Waals surface area contributed by atoms with Crippen molar-refractivity contribution in [3.63, 3.8) is 0 Å². The molecule has 1 amide bonds. The van der Waals surface area contributed by atoms with E-state index in [1.807, 2.05) is 27.2 Å². The van der Waals surface area contributed by atoms with Crippen LogP contribution >= 0.6 is 7.82 Å². The number of nitrogens with one attached hydrogen (secondary N) is 1. The number of phosphoric ester groups is 1. The lowest BCUT2D eigenvalue weighted by atomic mass is 10.1. The first-order valence-electron chi connectivity index (χ1n) is 15.7. The Morgan fingerprint density at radius 3 is 1.98 bits per heavy atom. The highest BCUT2D eigenvalue weighted by atomic mass is 31.2. The Bertz CT molecular complexity index is 723. The highest BCUT2D eigenvalue weighted by molar-refractivity contribution is 7.47. The van der Waals surface area contributed by atoms with E-state index in [4.69, 9.17) is 9.05 Å². The first-order chi connectivity index (χ1) is 19.0. The predicted octanol–water partition coefficient (Wildman–Crippen LogP) is 7.07. The second kappa shape index (κ2) is 24.6. The van der Waals surface area contributed by atoms with Gasteiger partial charge in [-0.25, -0.2) is 4.57 Å². The van der Waals surface area contributed by atoms with Crippen molar-refractivity contribution >= 4 is 13.7 Å². The lowest BCUT2D eigenvalue weighted by molar-refractivity contribution is -0.870. The molecule has 40 heavy (non-hydrogen) atoms. The Kier molecular flexibility index (Phi) is 23.9. The van der Waals surface area contributed by atoms with Gasteiger partial charge in [0.15, 0.2) is 0 Å². The SMILES string of the molecule is CCCCCCC/C=C/C=C/[C@@H](O)[C@H](COP(=O)(O)OCC[N+](C)(C)C)NC(=O)CCCCCCCCCCC. The molecule has 236 valence electrons. The van der Waals surface area contributed by atoms with Crippen molar-refractivity contribution in [1.82, 2.24) is 5.32 Å². The molecule has 0 heterocycles. The standard InChI is InChI=1S/C31H61N2O6P/c1-6-8-10-12-14-16-18-20-22-24-30(34)29(28-39-40(36,37)38-27-26-33(3,4)5)32-31(35)25-23-21-19-17-15-13-11-9-7-2/h18,20,22,24,29-30,34H,6-17,19,21,23,25-28H2,1-5H3,(H-,32,35,36,37)/p+1/b20-18+,24-22+/t29-,30+/m0/s1. The van der Waals surface area contributed by atoms with E-state index in [0.29, 0.717) is 17.4 Å². The molecule has 8 nitrogen and oxygen atoms in total. The minimum Gasteiger partial charge on any atom is -0.387 e. The zero-order chi connectivity index (χ0) is 30.1. The molecule has 0 aliphatic heterocycles. The molecule has 3 N–H and O–H groups in total. The van der Waals surface area contributed by atoms with Crippen molar-refractivity contribution in [3.8, 4) is 0 Å². The number of carbonyl (C=O) groups is 1. The van der Waals surface area contributed by atoms with E-state index < -0.39 is 20.0 Å². The van der Waals surface area contributed by atoms with E-state index in [0.717, 1.165) is 32.1 Å². The smallest absolute Gasteiger partial charge is 0.387 e. The molecular weight excluding hydrogens is 527 g/mol. The molecule has 0 radical (unpaired) electrons. The Balaban J connectivity index is 4.75. The van der Waals surface area contributed by atoms with Gasteiger partial charge in [0.05, 0.1) is 39.9 Å². The van der Waals surface area contributed by atoms with Gasteiger partial charge >= 0.3 is 7.82 Å². The molecule has 0 rings (SSSR count). The van der Waals surface area contributed by atoms with Gasteiger partial charge in [-0.05, 0) is 19.3 Å². The van der Waals surface area contributed by atoms with Crippen LogP contribution in [0.5, 0.6) is 0 Å². The molecule has 0 aromatic heterocycles. The highest BCUT2D eigenvalue weighted by Gasteiger charge is 2.27. The Labute approximate surface area is 245 Å². The number of phosphoric acid groups is 1. The fourth-order valence-corrected chi connectivity index (χ4v) is 4.83. The molecule has 0 aliphatic carbocycles. The van der Waals surface area contributed by atoms with E-state index in [1.165, 1.54) is 64.2 Å². The summed E-state index contributed by atoms with van der Waals surface area (Å²) in [6.45, 7) is 4.66. The molecule has 0 spiro atoms. The summed E-state index contributed by atoms with van der Waals surface area (Å²) in [7, 11) is 1.54. The Morgan fingerprint density at radius 2 is 1.40 bits per heavy atom. The number of likely N-dealkylation sites (N-methyl/N-ethyl adjacent to an activating group) is 1. The van der Waals surface area contributed by atoms with Crippen LogP contribution in [0.3, 0.4) is 0 Å². The van der Waals surface area contributed by atoms with Crippen molar-refractivity contribution in [2.45, 2.75) is 129 Å². The van der Waals surface area contributed by atoms with Gasteiger partial charge in [0.1, 0.15) is 13.2 Å². The minimum atomic E-state index is -4.32. The molecule has 0 fully saturated rings. The topological polar surface area (TPSA) is 105 Å². The molecule has 0 aromatic carbocycles. The van der Waals surface area contributed by atoms with Crippen LogP contribution in [0.15, 0.2) is 24.3 Å². The molecule has 0 saturated carbocycles. The summed E-state index contributed by atoms with van der Waals surface area (Å²) in [4.78, 5) is 22.7. The average molecular weight is 590 g/mol. The second-order valence-corrected chi connectivity index (χ2v) is 13.3. The summed E-state index contributed by atoms with van der Waals surface area (Å²) >= 11 is 0. The molecule has 3 atom stereocenters. The molecule has 0 aliphatic rings. The van der Waals surface area contributed by atoms with Crippen molar-refractivity contribution in [1.29, 1.82) is 0 Å². The van der Waals surface area contributed by atoms with E-state index in [2.05, 4.69) is 25.2 Å². The number of allylic oxidation sites excluding steroid dienone is 3. The van der Waals surface area contributed by atoms with Crippen molar-refractivity contribution < 1.29 is 32.9 Å². The van der Waals surface area contributed by atoms with Crippen molar-refractivity contribution in [2.24, 2.45) is 0 Å². The van der Waals surface area contributed by atoms with Gasteiger partial charge in [0.25, 0.3) is 0 Å². The average Bonchev–Trinajstić information content (AvgIpc) is 2.88. The number of nitrogens with zero attached hydrogens (tertiary/aromatic N) is 1. The van der Waals surface area contributed by atoms with E-state index in [-0.39, 0.29) is 19.1 Å². The van der Waals surface area contributed by atoms with Gasteiger partial charge in [-0.1, -0.05) is 115 Å². The number of quaternary nitrogens is 1. The van der Waals surface area contributed by atoms with Gasteiger partial charge in [-0.3, -0.25) is 13.8 Å². The van der Waals surface area contributed by atoms with Crippen molar-refractivity contribution in [2.75, 3.05) is 40.9 Å². The van der Waals surface area contributed by atoms with E-state index in [1.54, 1.807) is 12.2 Å². The fourth-order valence-electron chi connectivity index (χ4n) is 4.10. The zero-order valence-electron chi connectivity index (χ0n) is 26.3. The van der Waals surface area contributed by atoms with E-state index >= 15 is 0 Å². The van der Waals surface area contributed by atoms with E-state index in [9.17, 15) is 19.4 Å². The molecular formula is C31H62N2O6P+. The van der Waals surface area contributed by atoms with Gasteiger partial charge < -0.3 is 19.8 Å². The molecule has 0 bridgehead atoms. The monoisotopic (exact) mass is 589 g/mol.